The highest BCUT2D eigenvalue weighted by atomic mass is 16.4. The first-order valence-corrected chi connectivity index (χ1v) is 2.48. The number of hydrogen-bond acceptors (Lipinski definition) is 3. The number of carboxylic acids is 1. The average Bonchev–Trinajstić information content (AvgIpc) is 1.87. The molecular weight excluding hydrogens is 134 g/mol. The molecule has 0 aliphatic carbocycles. The first-order chi connectivity index (χ1) is 4.72. The smallest absolute Gasteiger partial charge is 0.331 e. The number of hydrogen-bond donors (Lipinski definition) is 2. The van der Waals surface area contributed by atoms with E-state index >= 15 is 0 Å². The van der Waals surface area contributed by atoms with Gasteiger partial charge < -0.3 is 10.9 Å². The van der Waals surface area contributed by atoms with E-state index in [9.17, 15) is 4.79 Å². The standard InChI is InChI=1S/C5H7N3O2/c1-2-3-4(5(9)10)7-8-6/h1,4H,3H2,(H2,6,7)(H,9,10)/t4-/m0/s1. The van der Waals surface area contributed by atoms with Gasteiger partial charge in [0, 0.05) is 6.42 Å². The van der Waals surface area contributed by atoms with Crippen molar-refractivity contribution in [1.82, 2.24) is 0 Å². The minimum atomic E-state index is -1.12. The predicted molar refractivity (Wildman–Crippen MR) is 33.9 cm³/mol. The van der Waals surface area contributed by atoms with Crippen molar-refractivity contribution in [2.24, 2.45) is 16.2 Å². The third-order valence-electron chi connectivity index (χ3n) is 0.802. The Balaban J connectivity index is 4.01. The minimum absolute atomic E-state index is 0.00995. The Labute approximate surface area is 57.9 Å². The molecule has 0 aromatic rings. The van der Waals surface area contributed by atoms with Crippen LogP contribution in [-0.2, 0) is 4.79 Å². The molecule has 0 bridgehead atoms. The summed E-state index contributed by atoms with van der Waals surface area (Å²) < 4.78 is 0. The molecule has 1 atom stereocenters. The van der Waals surface area contributed by atoms with Crippen molar-refractivity contribution in [3.8, 4) is 12.3 Å². The van der Waals surface area contributed by atoms with Crippen LogP contribution < -0.4 is 5.84 Å². The summed E-state index contributed by atoms with van der Waals surface area (Å²) in [6, 6.07) is -1.00. The Bertz CT molecular complexity index is 182. The molecule has 0 rings (SSSR count). The van der Waals surface area contributed by atoms with Crippen molar-refractivity contribution < 1.29 is 9.90 Å². The van der Waals surface area contributed by atoms with Gasteiger partial charge in [0.2, 0.25) is 0 Å². The molecule has 0 saturated heterocycles. The molecular formula is C5H7N3O2. The van der Waals surface area contributed by atoms with Crippen LogP contribution in [0.3, 0.4) is 0 Å². The van der Waals surface area contributed by atoms with Crippen LogP contribution >= 0.6 is 0 Å². The van der Waals surface area contributed by atoms with Crippen molar-refractivity contribution in [3.63, 3.8) is 0 Å². The SMILES string of the molecule is C#CC[C@H](N=NN)C(=O)O. The molecule has 0 saturated carbocycles. The van der Waals surface area contributed by atoms with Crippen LogP contribution in [0.25, 0.3) is 0 Å². The lowest BCUT2D eigenvalue weighted by atomic mass is 10.2. The maximum atomic E-state index is 10.2. The van der Waals surface area contributed by atoms with Gasteiger partial charge in [-0.05, 0) is 0 Å². The molecule has 10 heavy (non-hydrogen) atoms. The second-order valence-electron chi connectivity index (χ2n) is 1.49. The van der Waals surface area contributed by atoms with Gasteiger partial charge in [0.1, 0.15) is 0 Å². The molecule has 5 nitrogen and oxygen atoms in total. The Hall–Kier alpha value is -1.57. The monoisotopic (exact) mass is 141 g/mol. The zero-order valence-electron chi connectivity index (χ0n) is 5.19. The number of carboxylic acid groups (broad SMARTS) is 1. The van der Waals surface area contributed by atoms with Gasteiger partial charge >= 0.3 is 5.97 Å². The van der Waals surface area contributed by atoms with E-state index in [-0.39, 0.29) is 6.42 Å². The summed E-state index contributed by atoms with van der Waals surface area (Å²) >= 11 is 0. The van der Waals surface area contributed by atoms with Gasteiger partial charge in [-0.15, -0.1) is 12.3 Å². The molecule has 0 aromatic heterocycles. The minimum Gasteiger partial charge on any atom is -0.480 e. The number of carbonyl (C=O) groups is 1. The molecule has 0 aromatic carbocycles. The van der Waals surface area contributed by atoms with Crippen LogP contribution in [-0.4, -0.2) is 17.1 Å². The number of terminal acetylenes is 1. The van der Waals surface area contributed by atoms with Crippen molar-refractivity contribution in [2.45, 2.75) is 12.5 Å². The number of nitrogens with zero attached hydrogens (tertiary/aromatic N) is 2. The lowest BCUT2D eigenvalue weighted by Gasteiger charge is -1.97. The zero-order chi connectivity index (χ0) is 7.98. The first kappa shape index (κ1) is 8.43. The predicted octanol–water partition coefficient (Wildman–Crippen LogP) is -0.211. The topological polar surface area (TPSA) is 88.0 Å². The highest BCUT2D eigenvalue weighted by molar-refractivity contribution is 5.73. The van der Waals surface area contributed by atoms with Crippen LogP contribution in [0.1, 0.15) is 6.42 Å². The average molecular weight is 141 g/mol. The lowest BCUT2D eigenvalue weighted by molar-refractivity contribution is -0.138. The Morgan fingerprint density at radius 3 is 2.80 bits per heavy atom. The fourth-order valence-corrected chi connectivity index (χ4v) is 0.370. The Morgan fingerprint density at radius 1 is 1.90 bits per heavy atom. The second kappa shape index (κ2) is 4.32. The van der Waals surface area contributed by atoms with Crippen molar-refractivity contribution in [1.29, 1.82) is 0 Å². The van der Waals surface area contributed by atoms with E-state index in [1.807, 2.05) is 0 Å². The van der Waals surface area contributed by atoms with Gasteiger partial charge in [-0.25, -0.2) is 4.79 Å². The molecule has 0 amide bonds. The largest absolute Gasteiger partial charge is 0.480 e. The number of aliphatic carboxylic acids is 1. The zero-order valence-corrected chi connectivity index (χ0v) is 5.19. The fourth-order valence-electron chi connectivity index (χ4n) is 0.370. The summed E-state index contributed by atoms with van der Waals surface area (Å²) in [7, 11) is 0. The quantitative estimate of drug-likeness (QED) is 0.246. The Morgan fingerprint density at radius 2 is 2.50 bits per heavy atom. The van der Waals surface area contributed by atoms with Gasteiger partial charge in [-0.2, -0.15) is 5.11 Å². The fraction of sp³-hybridized carbons (Fsp3) is 0.400. The molecule has 0 unspecified atom stereocenters. The van der Waals surface area contributed by atoms with Gasteiger partial charge in [0.05, 0.1) is 0 Å². The van der Waals surface area contributed by atoms with Gasteiger partial charge in [-0.3, -0.25) is 0 Å². The summed E-state index contributed by atoms with van der Waals surface area (Å²) in [5.41, 5.74) is 0. The van der Waals surface area contributed by atoms with E-state index in [1.54, 1.807) is 0 Å². The molecule has 0 aliphatic rings. The first-order valence-electron chi connectivity index (χ1n) is 2.48. The summed E-state index contributed by atoms with van der Waals surface area (Å²) in [6.07, 6.45) is 4.85. The van der Waals surface area contributed by atoms with Crippen LogP contribution in [0, 0.1) is 12.3 Å². The van der Waals surface area contributed by atoms with E-state index in [1.165, 1.54) is 0 Å². The normalized spacial score (nSPS) is 12.7. The van der Waals surface area contributed by atoms with Crippen LogP contribution in [0.2, 0.25) is 0 Å². The molecule has 3 N–H and O–H groups in total. The molecule has 5 heteroatoms. The van der Waals surface area contributed by atoms with Crippen molar-refractivity contribution >= 4 is 5.97 Å². The van der Waals surface area contributed by atoms with Crippen molar-refractivity contribution in [3.05, 3.63) is 0 Å². The van der Waals surface area contributed by atoms with E-state index in [2.05, 4.69) is 22.1 Å². The third kappa shape index (κ3) is 2.67. The summed E-state index contributed by atoms with van der Waals surface area (Å²) in [4.78, 5) is 10.2. The second-order valence-corrected chi connectivity index (χ2v) is 1.49. The molecule has 0 fully saturated rings. The Kier molecular flexibility index (Phi) is 3.64. The molecule has 54 valence electrons. The molecule has 0 spiro atoms. The van der Waals surface area contributed by atoms with Crippen molar-refractivity contribution in [2.75, 3.05) is 0 Å². The van der Waals surface area contributed by atoms with Crippen LogP contribution in [0.5, 0.6) is 0 Å². The summed E-state index contributed by atoms with van der Waals surface area (Å²) in [5.74, 6) is 5.65. The van der Waals surface area contributed by atoms with E-state index in [0.717, 1.165) is 0 Å². The van der Waals surface area contributed by atoms with Crippen LogP contribution in [0.15, 0.2) is 10.3 Å². The maximum absolute atomic E-state index is 10.2. The summed E-state index contributed by atoms with van der Waals surface area (Å²) in [6.45, 7) is 0. The summed E-state index contributed by atoms with van der Waals surface area (Å²) in [5, 5.41) is 14.3. The number of nitrogens with two attached hydrogens (primary N) is 1. The molecule has 0 heterocycles. The highest BCUT2D eigenvalue weighted by Gasteiger charge is 2.13. The lowest BCUT2D eigenvalue weighted by Crippen LogP contribution is -2.16. The van der Waals surface area contributed by atoms with Gasteiger partial charge in [0.25, 0.3) is 0 Å². The highest BCUT2D eigenvalue weighted by Crippen LogP contribution is 1.96. The third-order valence-corrected chi connectivity index (χ3v) is 0.802. The maximum Gasteiger partial charge on any atom is 0.331 e. The van der Waals surface area contributed by atoms with E-state index in [0.29, 0.717) is 0 Å². The molecule has 0 radical (unpaired) electrons. The van der Waals surface area contributed by atoms with Gasteiger partial charge in [0.15, 0.2) is 6.04 Å². The van der Waals surface area contributed by atoms with E-state index in [4.69, 9.17) is 11.5 Å². The number of rotatable bonds is 3. The van der Waals surface area contributed by atoms with Crippen LogP contribution in [0.4, 0.5) is 0 Å². The van der Waals surface area contributed by atoms with Gasteiger partial charge in [-0.1, -0.05) is 5.22 Å². The van der Waals surface area contributed by atoms with E-state index < -0.39 is 12.0 Å². The molecule has 0 aliphatic heterocycles.